The molecule has 5 heteroatoms. The number of hydrazine groups is 1. The maximum absolute atomic E-state index is 13.8. The Morgan fingerprint density at radius 3 is 2.19 bits per heavy atom. The van der Waals surface area contributed by atoms with Crippen LogP contribution in [0.3, 0.4) is 0 Å². The highest BCUT2D eigenvalue weighted by Crippen LogP contribution is 2.43. The summed E-state index contributed by atoms with van der Waals surface area (Å²) in [5.41, 5.74) is 8.21. The Balaban J connectivity index is 1.28. The van der Waals surface area contributed by atoms with Gasteiger partial charge in [-0.3, -0.25) is 15.6 Å². The molecular weight excluding hydrogens is 474 g/mol. The van der Waals surface area contributed by atoms with Crippen molar-refractivity contribution in [2.75, 3.05) is 13.1 Å². The zero-order chi connectivity index (χ0) is 25.3. The summed E-state index contributed by atoms with van der Waals surface area (Å²) >= 11 is 2.23. The molecule has 2 N–H and O–H groups in total. The van der Waals surface area contributed by atoms with E-state index in [9.17, 15) is 4.79 Å². The van der Waals surface area contributed by atoms with E-state index in [0.717, 1.165) is 29.8 Å². The molecule has 4 aliphatic rings. The van der Waals surface area contributed by atoms with Crippen LogP contribution >= 0.6 is 11.8 Å². The number of amides is 1. The highest BCUT2D eigenvalue weighted by atomic mass is 32.2. The molecule has 2 saturated heterocycles. The van der Waals surface area contributed by atoms with E-state index in [1.54, 1.807) is 0 Å². The minimum Gasteiger partial charge on any atom is -0.332 e. The number of hydrogen-bond acceptors (Lipinski definition) is 4. The van der Waals surface area contributed by atoms with Crippen LogP contribution in [0.1, 0.15) is 102 Å². The second kappa shape index (κ2) is 14.2. The van der Waals surface area contributed by atoms with Crippen molar-refractivity contribution in [3.8, 4) is 0 Å². The van der Waals surface area contributed by atoms with Crippen LogP contribution in [0.4, 0.5) is 0 Å². The number of carbonyl (C=O) groups excluding carboxylic acids is 1. The zero-order valence-corrected chi connectivity index (χ0v) is 23.6. The molecule has 5 rings (SSSR count). The standard InChI is InChI=1S/C32H49N3OS/c36-31(22-19-25-13-7-6-8-14-25)35(29-23-33-34-32(29)27-17-11-4-5-12-18-27)24-28-20-21-30(37-28)26-15-9-2-1-3-10-16-26/h6-8,13-14,19,22,26-30,32-34H,1-5,9-12,15-18,20-21,23-24H2. The lowest BCUT2D eigenvalue weighted by Gasteiger charge is -2.36. The maximum atomic E-state index is 13.8. The Kier molecular flexibility index (Phi) is 10.5. The summed E-state index contributed by atoms with van der Waals surface area (Å²) in [5, 5.41) is 1.37. The molecule has 2 aliphatic heterocycles. The van der Waals surface area contributed by atoms with Gasteiger partial charge in [0.05, 0.1) is 6.04 Å². The Hall–Kier alpha value is -1.30. The molecule has 4 fully saturated rings. The fourth-order valence-electron chi connectivity index (χ4n) is 7.42. The molecule has 2 heterocycles. The fraction of sp³-hybridized carbons (Fsp3) is 0.719. The molecule has 4 atom stereocenters. The van der Waals surface area contributed by atoms with Crippen LogP contribution in [0, 0.1) is 11.8 Å². The predicted molar refractivity (Wildman–Crippen MR) is 157 cm³/mol. The normalized spacial score (nSPS) is 30.7. The molecule has 4 unspecified atom stereocenters. The van der Waals surface area contributed by atoms with Gasteiger partial charge in [0.2, 0.25) is 5.91 Å². The van der Waals surface area contributed by atoms with Gasteiger partial charge in [0.1, 0.15) is 0 Å². The number of rotatable bonds is 7. The van der Waals surface area contributed by atoms with Crippen molar-refractivity contribution in [3.63, 3.8) is 0 Å². The summed E-state index contributed by atoms with van der Waals surface area (Å²) in [5.74, 6) is 1.74. The minimum absolute atomic E-state index is 0.188. The van der Waals surface area contributed by atoms with Gasteiger partial charge in [-0.15, -0.1) is 0 Å². The Labute approximate surface area is 229 Å². The number of nitrogens with one attached hydrogen (secondary N) is 2. The van der Waals surface area contributed by atoms with Crippen molar-refractivity contribution in [2.45, 2.75) is 119 Å². The number of hydrogen-bond donors (Lipinski definition) is 2. The molecule has 204 valence electrons. The van der Waals surface area contributed by atoms with Gasteiger partial charge < -0.3 is 4.90 Å². The van der Waals surface area contributed by atoms with Crippen molar-refractivity contribution in [1.29, 1.82) is 0 Å². The van der Waals surface area contributed by atoms with Crippen molar-refractivity contribution in [1.82, 2.24) is 15.8 Å². The lowest BCUT2D eigenvalue weighted by atomic mass is 9.87. The number of thioether (sulfide) groups is 1. The van der Waals surface area contributed by atoms with Crippen LogP contribution in [-0.2, 0) is 4.79 Å². The van der Waals surface area contributed by atoms with E-state index >= 15 is 0 Å². The summed E-state index contributed by atoms with van der Waals surface area (Å²) in [6.07, 6.45) is 24.4. The first-order valence-corrected chi connectivity index (χ1v) is 16.4. The highest BCUT2D eigenvalue weighted by Gasteiger charge is 2.41. The van der Waals surface area contributed by atoms with E-state index in [4.69, 9.17) is 0 Å². The number of nitrogens with zero attached hydrogens (tertiary/aromatic N) is 1. The van der Waals surface area contributed by atoms with Gasteiger partial charge in [-0.2, -0.15) is 11.8 Å². The molecule has 4 nitrogen and oxygen atoms in total. The number of benzene rings is 1. The summed E-state index contributed by atoms with van der Waals surface area (Å²) in [6.45, 7) is 1.75. The van der Waals surface area contributed by atoms with Crippen LogP contribution in [-0.4, -0.2) is 46.5 Å². The summed E-state index contributed by atoms with van der Waals surface area (Å²) in [6, 6.07) is 10.9. The molecule has 0 aromatic heterocycles. The van der Waals surface area contributed by atoms with E-state index in [1.807, 2.05) is 30.4 Å². The molecule has 2 saturated carbocycles. The summed E-state index contributed by atoms with van der Waals surface area (Å²) in [4.78, 5) is 16.1. The predicted octanol–water partition coefficient (Wildman–Crippen LogP) is 6.97. The van der Waals surface area contributed by atoms with Gasteiger partial charge in [-0.1, -0.05) is 88.1 Å². The molecule has 0 bridgehead atoms. The van der Waals surface area contributed by atoms with Crippen molar-refractivity contribution >= 4 is 23.7 Å². The lowest BCUT2D eigenvalue weighted by Crippen LogP contribution is -2.52. The largest absolute Gasteiger partial charge is 0.332 e. The van der Waals surface area contributed by atoms with Crippen LogP contribution in [0.25, 0.3) is 6.08 Å². The van der Waals surface area contributed by atoms with Gasteiger partial charge in [0.25, 0.3) is 0 Å². The first-order valence-electron chi connectivity index (χ1n) is 15.5. The summed E-state index contributed by atoms with van der Waals surface area (Å²) < 4.78 is 0. The van der Waals surface area contributed by atoms with Crippen molar-refractivity contribution in [2.24, 2.45) is 11.8 Å². The van der Waals surface area contributed by atoms with Crippen LogP contribution in [0.5, 0.6) is 0 Å². The van der Waals surface area contributed by atoms with Gasteiger partial charge in [0, 0.05) is 35.7 Å². The van der Waals surface area contributed by atoms with E-state index < -0.39 is 0 Å². The topological polar surface area (TPSA) is 44.4 Å². The average molecular weight is 524 g/mol. The molecule has 0 radical (unpaired) electrons. The lowest BCUT2D eigenvalue weighted by molar-refractivity contribution is -0.128. The highest BCUT2D eigenvalue weighted by molar-refractivity contribution is 8.00. The van der Waals surface area contributed by atoms with E-state index in [0.29, 0.717) is 17.2 Å². The van der Waals surface area contributed by atoms with Crippen molar-refractivity contribution in [3.05, 3.63) is 42.0 Å². The maximum Gasteiger partial charge on any atom is 0.246 e. The zero-order valence-electron chi connectivity index (χ0n) is 22.8. The SMILES string of the molecule is O=C(C=Cc1ccccc1)N(CC1CCC(C2CCCCCCC2)S1)C1CNNC1C1CCCCCC1. The first kappa shape index (κ1) is 27.3. The van der Waals surface area contributed by atoms with Gasteiger partial charge in [-0.25, -0.2) is 0 Å². The molecular formula is C32H49N3OS. The molecule has 1 aromatic rings. The molecule has 37 heavy (non-hydrogen) atoms. The monoisotopic (exact) mass is 523 g/mol. The molecule has 1 aromatic carbocycles. The smallest absolute Gasteiger partial charge is 0.246 e. The van der Waals surface area contributed by atoms with Gasteiger partial charge >= 0.3 is 0 Å². The third kappa shape index (κ3) is 7.64. The van der Waals surface area contributed by atoms with Crippen LogP contribution in [0.2, 0.25) is 0 Å². The quantitative estimate of drug-likeness (QED) is 0.299. The third-order valence-electron chi connectivity index (χ3n) is 9.52. The fourth-order valence-corrected chi connectivity index (χ4v) is 9.20. The molecule has 2 aliphatic carbocycles. The van der Waals surface area contributed by atoms with E-state index in [2.05, 4.69) is 39.6 Å². The van der Waals surface area contributed by atoms with Crippen LogP contribution in [0.15, 0.2) is 36.4 Å². The first-order chi connectivity index (χ1) is 18.3. The van der Waals surface area contributed by atoms with Gasteiger partial charge in [-0.05, 0) is 62.0 Å². The molecule has 1 amide bonds. The van der Waals surface area contributed by atoms with Crippen molar-refractivity contribution < 1.29 is 4.79 Å². The number of carbonyl (C=O) groups is 1. The second-order valence-corrected chi connectivity index (χ2v) is 13.6. The molecule has 0 spiro atoms. The minimum atomic E-state index is 0.188. The average Bonchev–Trinajstić information content (AvgIpc) is 3.49. The van der Waals surface area contributed by atoms with Crippen LogP contribution < -0.4 is 10.9 Å². The van der Waals surface area contributed by atoms with Gasteiger partial charge in [0.15, 0.2) is 0 Å². The third-order valence-corrected chi connectivity index (χ3v) is 11.3. The van der Waals surface area contributed by atoms with E-state index in [-0.39, 0.29) is 11.9 Å². The van der Waals surface area contributed by atoms with E-state index in [1.165, 1.54) is 96.3 Å². The Morgan fingerprint density at radius 1 is 0.838 bits per heavy atom. The second-order valence-electron chi connectivity index (χ2n) is 12.1. The Morgan fingerprint density at radius 2 is 1.49 bits per heavy atom. The summed E-state index contributed by atoms with van der Waals surface area (Å²) in [7, 11) is 0. The Bertz CT molecular complexity index is 845.